The summed E-state index contributed by atoms with van der Waals surface area (Å²) in [4.78, 5) is 4.29. The van der Waals surface area contributed by atoms with Crippen molar-refractivity contribution in [2.75, 3.05) is 0 Å². The molecule has 0 amide bonds. The molecule has 0 aliphatic carbocycles. The maximum atomic E-state index is 11.2. The lowest BCUT2D eigenvalue weighted by Crippen LogP contribution is -2.22. The van der Waals surface area contributed by atoms with Gasteiger partial charge < -0.3 is 4.42 Å². The molecule has 0 aliphatic rings. The van der Waals surface area contributed by atoms with Crippen LogP contribution in [0, 0.1) is 6.92 Å². The normalized spacial score (nSPS) is 14.9. The van der Waals surface area contributed by atoms with E-state index >= 15 is 0 Å². The van der Waals surface area contributed by atoms with E-state index in [0.29, 0.717) is 5.89 Å². The predicted octanol–water partition coefficient (Wildman–Crippen LogP) is 2.04. The van der Waals surface area contributed by atoms with Gasteiger partial charge in [-0.1, -0.05) is 12.1 Å². The van der Waals surface area contributed by atoms with E-state index in [-0.39, 0.29) is 17.0 Å². The highest BCUT2D eigenvalue weighted by atomic mass is 32.2. The predicted molar refractivity (Wildman–Crippen MR) is 79.0 cm³/mol. The molecule has 114 valence electrons. The Morgan fingerprint density at radius 2 is 1.81 bits per heavy atom. The Kier molecular flexibility index (Phi) is 4.46. The number of aryl methyl sites for hydroxylation is 1. The van der Waals surface area contributed by atoms with Crippen LogP contribution in [0.1, 0.15) is 43.1 Å². The van der Waals surface area contributed by atoms with Crippen molar-refractivity contribution in [2.45, 2.75) is 37.8 Å². The minimum absolute atomic E-state index is 0.0155. The lowest BCUT2D eigenvalue weighted by Gasteiger charge is -2.18. The minimum Gasteiger partial charge on any atom is -0.444 e. The van der Waals surface area contributed by atoms with Crippen LogP contribution < -0.4 is 10.5 Å². The Hall–Kier alpha value is -1.70. The van der Waals surface area contributed by atoms with Crippen molar-refractivity contribution >= 4 is 10.0 Å². The molecule has 2 aromatic rings. The molecule has 21 heavy (non-hydrogen) atoms. The first-order chi connectivity index (χ1) is 9.77. The van der Waals surface area contributed by atoms with E-state index in [4.69, 9.17) is 9.56 Å². The monoisotopic (exact) mass is 309 g/mol. The van der Waals surface area contributed by atoms with Gasteiger partial charge in [0.15, 0.2) is 0 Å². The highest BCUT2D eigenvalue weighted by Gasteiger charge is 2.16. The Morgan fingerprint density at radius 1 is 1.19 bits per heavy atom. The summed E-state index contributed by atoms with van der Waals surface area (Å²) in [7, 11) is -3.65. The lowest BCUT2D eigenvalue weighted by molar-refractivity contribution is 0.380. The maximum absolute atomic E-state index is 11.2. The van der Waals surface area contributed by atoms with Crippen LogP contribution in [0.2, 0.25) is 0 Å². The molecule has 0 fully saturated rings. The van der Waals surface area contributed by atoms with Gasteiger partial charge in [-0.2, -0.15) is 0 Å². The topological polar surface area (TPSA) is 98.2 Å². The molecule has 2 rings (SSSR count). The molecule has 0 aliphatic heterocycles. The SMILES string of the molecule is Cc1cnc(C(C)NC(C)c2ccc(S(N)(=O)=O)cc2)o1. The van der Waals surface area contributed by atoms with E-state index in [1.165, 1.54) is 12.1 Å². The summed E-state index contributed by atoms with van der Waals surface area (Å²) in [6.07, 6.45) is 1.68. The number of nitrogens with two attached hydrogens (primary N) is 1. The molecule has 2 unspecified atom stereocenters. The fraction of sp³-hybridized carbons (Fsp3) is 0.357. The average Bonchev–Trinajstić information content (AvgIpc) is 2.84. The molecule has 0 radical (unpaired) electrons. The molecule has 0 spiro atoms. The minimum atomic E-state index is -3.65. The summed E-state index contributed by atoms with van der Waals surface area (Å²) in [6.45, 7) is 5.79. The van der Waals surface area contributed by atoms with Gasteiger partial charge in [-0.25, -0.2) is 18.5 Å². The van der Waals surface area contributed by atoms with Crippen molar-refractivity contribution in [3.8, 4) is 0 Å². The maximum Gasteiger partial charge on any atom is 0.238 e. The van der Waals surface area contributed by atoms with Crippen molar-refractivity contribution in [1.82, 2.24) is 10.3 Å². The van der Waals surface area contributed by atoms with Crippen LogP contribution in [-0.4, -0.2) is 13.4 Å². The Morgan fingerprint density at radius 3 is 2.29 bits per heavy atom. The highest BCUT2D eigenvalue weighted by Crippen LogP contribution is 2.20. The van der Waals surface area contributed by atoms with Crippen molar-refractivity contribution in [3.63, 3.8) is 0 Å². The van der Waals surface area contributed by atoms with Gasteiger partial charge in [0.2, 0.25) is 15.9 Å². The second-order valence-corrected chi connectivity index (χ2v) is 6.59. The number of sulfonamides is 1. The first-order valence-electron chi connectivity index (χ1n) is 6.58. The van der Waals surface area contributed by atoms with Crippen molar-refractivity contribution in [2.24, 2.45) is 5.14 Å². The molecular formula is C14H19N3O3S. The molecule has 2 atom stereocenters. The van der Waals surface area contributed by atoms with Crippen LogP contribution in [0.4, 0.5) is 0 Å². The number of aromatic nitrogens is 1. The third-order valence-electron chi connectivity index (χ3n) is 3.22. The Labute approximate surface area is 124 Å². The van der Waals surface area contributed by atoms with Gasteiger partial charge in [-0.15, -0.1) is 0 Å². The first kappa shape index (κ1) is 15.7. The molecule has 1 heterocycles. The summed E-state index contributed by atoms with van der Waals surface area (Å²) >= 11 is 0. The Bertz CT molecular complexity index is 707. The summed E-state index contributed by atoms with van der Waals surface area (Å²) < 4.78 is 27.9. The zero-order valence-electron chi connectivity index (χ0n) is 12.2. The first-order valence-corrected chi connectivity index (χ1v) is 8.13. The summed E-state index contributed by atoms with van der Waals surface area (Å²) in [5, 5.41) is 8.42. The van der Waals surface area contributed by atoms with E-state index in [0.717, 1.165) is 11.3 Å². The van der Waals surface area contributed by atoms with Crippen LogP contribution in [0.5, 0.6) is 0 Å². The second kappa shape index (κ2) is 5.97. The van der Waals surface area contributed by atoms with E-state index in [2.05, 4.69) is 10.3 Å². The fourth-order valence-electron chi connectivity index (χ4n) is 2.06. The largest absolute Gasteiger partial charge is 0.444 e. The molecule has 7 heteroatoms. The van der Waals surface area contributed by atoms with E-state index < -0.39 is 10.0 Å². The van der Waals surface area contributed by atoms with E-state index in [9.17, 15) is 8.42 Å². The third-order valence-corrected chi connectivity index (χ3v) is 4.15. The summed E-state index contributed by atoms with van der Waals surface area (Å²) in [6, 6.07) is 6.45. The number of benzene rings is 1. The zero-order chi connectivity index (χ0) is 15.6. The standard InChI is InChI=1S/C14H19N3O3S/c1-9-8-16-14(20-9)11(3)17-10(2)12-4-6-13(7-5-12)21(15,18)19/h4-8,10-11,17H,1-3H3,(H2,15,18,19). The molecule has 6 nitrogen and oxygen atoms in total. The van der Waals surface area contributed by atoms with Crippen LogP contribution in [0.15, 0.2) is 39.8 Å². The van der Waals surface area contributed by atoms with Gasteiger partial charge in [0.05, 0.1) is 17.1 Å². The highest BCUT2D eigenvalue weighted by molar-refractivity contribution is 7.89. The summed E-state index contributed by atoms with van der Waals surface area (Å²) in [5.74, 6) is 1.39. The van der Waals surface area contributed by atoms with Gasteiger partial charge in [0.1, 0.15) is 5.76 Å². The molecule has 3 N–H and O–H groups in total. The Balaban J connectivity index is 2.08. The molecule has 1 aromatic heterocycles. The van der Waals surface area contributed by atoms with E-state index in [1.54, 1.807) is 18.3 Å². The van der Waals surface area contributed by atoms with Crippen LogP contribution in [-0.2, 0) is 10.0 Å². The number of oxazole rings is 1. The average molecular weight is 309 g/mol. The third kappa shape index (κ3) is 3.90. The number of nitrogens with zero attached hydrogens (tertiary/aromatic N) is 1. The van der Waals surface area contributed by atoms with Crippen LogP contribution in [0.3, 0.4) is 0 Å². The van der Waals surface area contributed by atoms with Crippen molar-refractivity contribution in [3.05, 3.63) is 47.7 Å². The van der Waals surface area contributed by atoms with Gasteiger partial charge in [-0.05, 0) is 38.5 Å². The van der Waals surface area contributed by atoms with Gasteiger partial charge >= 0.3 is 0 Å². The number of nitrogens with one attached hydrogen (secondary N) is 1. The zero-order valence-corrected chi connectivity index (χ0v) is 13.0. The smallest absolute Gasteiger partial charge is 0.238 e. The van der Waals surface area contributed by atoms with Gasteiger partial charge in [0.25, 0.3) is 0 Å². The number of primary sulfonamides is 1. The number of hydrogen-bond acceptors (Lipinski definition) is 5. The van der Waals surface area contributed by atoms with Crippen molar-refractivity contribution in [1.29, 1.82) is 0 Å². The fourth-order valence-corrected chi connectivity index (χ4v) is 2.58. The molecule has 0 bridgehead atoms. The summed E-state index contributed by atoms with van der Waals surface area (Å²) in [5.41, 5.74) is 0.956. The molecule has 0 saturated carbocycles. The molecule has 0 saturated heterocycles. The number of hydrogen-bond donors (Lipinski definition) is 2. The van der Waals surface area contributed by atoms with Crippen LogP contribution >= 0.6 is 0 Å². The van der Waals surface area contributed by atoms with Crippen LogP contribution in [0.25, 0.3) is 0 Å². The molecule has 1 aromatic carbocycles. The van der Waals surface area contributed by atoms with Gasteiger partial charge in [-0.3, -0.25) is 5.32 Å². The van der Waals surface area contributed by atoms with Crippen molar-refractivity contribution < 1.29 is 12.8 Å². The molecular weight excluding hydrogens is 290 g/mol. The lowest BCUT2D eigenvalue weighted by atomic mass is 10.1. The quantitative estimate of drug-likeness (QED) is 0.880. The second-order valence-electron chi connectivity index (χ2n) is 5.03. The van der Waals surface area contributed by atoms with E-state index in [1.807, 2.05) is 20.8 Å². The number of rotatable bonds is 5. The van der Waals surface area contributed by atoms with Gasteiger partial charge in [0, 0.05) is 6.04 Å².